The largest absolute Gasteiger partial charge is 0.481 e. The highest BCUT2D eigenvalue weighted by molar-refractivity contribution is 5.91. The number of carbonyl (C=O) groups excluding carboxylic acids is 1. The molecule has 0 spiro atoms. The van der Waals surface area contributed by atoms with Gasteiger partial charge in [-0.1, -0.05) is 18.2 Å². The number of morpholine rings is 1. The van der Waals surface area contributed by atoms with E-state index < -0.39 is 5.97 Å². The molecular weight excluding hydrogens is 272 g/mol. The number of ether oxygens (including phenoxy) is 1. The molecular formula is C15H20N2O4. The Labute approximate surface area is 123 Å². The first-order valence-corrected chi connectivity index (χ1v) is 6.96. The minimum Gasteiger partial charge on any atom is -0.481 e. The Hall–Kier alpha value is -2.08. The summed E-state index contributed by atoms with van der Waals surface area (Å²) < 4.78 is 5.59. The average molecular weight is 292 g/mol. The van der Waals surface area contributed by atoms with Gasteiger partial charge in [0.05, 0.1) is 18.6 Å². The maximum absolute atomic E-state index is 12.3. The Morgan fingerprint density at radius 3 is 2.52 bits per heavy atom. The number of nitrogens with one attached hydrogen (secondary N) is 1. The second-order valence-corrected chi connectivity index (χ2v) is 5.32. The minimum atomic E-state index is -0.926. The van der Waals surface area contributed by atoms with Crippen LogP contribution in [0, 0.1) is 0 Å². The molecule has 1 aliphatic rings. The number of rotatable bonds is 3. The van der Waals surface area contributed by atoms with Crippen molar-refractivity contribution in [3.05, 3.63) is 29.8 Å². The molecule has 0 unspecified atom stereocenters. The number of carboxylic acid groups (broad SMARTS) is 1. The molecule has 2 N–H and O–H groups in total. The molecule has 2 rings (SSSR count). The molecule has 0 aromatic heterocycles. The summed E-state index contributed by atoms with van der Waals surface area (Å²) in [4.78, 5) is 24.9. The number of para-hydroxylation sites is 1. The lowest BCUT2D eigenvalue weighted by atomic mass is 10.1. The number of hydrogen-bond donors (Lipinski definition) is 2. The third-order valence-electron chi connectivity index (χ3n) is 3.31. The molecule has 6 nitrogen and oxygen atoms in total. The van der Waals surface area contributed by atoms with E-state index in [-0.39, 0.29) is 24.7 Å². The Morgan fingerprint density at radius 2 is 1.90 bits per heavy atom. The first-order chi connectivity index (χ1) is 9.95. The van der Waals surface area contributed by atoms with Gasteiger partial charge in [0.2, 0.25) is 0 Å². The van der Waals surface area contributed by atoms with Gasteiger partial charge in [-0.2, -0.15) is 0 Å². The number of anilines is 1. The fraction of sp³-hybridized carbons (Fsp3) is 0.467. The van der Waals surface area contributed by atoms with Crippen LogP contribution in [0.2, 0.25) is 0 Å². The number of carboxylic acids is 1. The van der Waals surface area contributed by atoms with Gasteiger partial charge >= 0.3 is 12.0 Å². The maximum Gasteiger partial charge on any atom is 0.322 e. The molecule has 1 saturated heterocycles. The van der Waals surface area contributed by atoms with Gasteiger partial charge in [-0.05, 0) is 25.5 Å². The molecule has 2 amide bonds. The topological polar surface area (TPSA) is 78.9 Å². The monoisotopic (exact) mass is 292 g/mol. The Morgan fingerprint density at radius 1 is 1.29 bits per heavy atom. The summed E-state index contributed by atoms with van der Waals surface area (Å²) in [6, 6.07) is 6.71. The van der Waals surface area contributed by atoms with Crippen molar-refractivity contribution in [3.63, 3.8) is 0 Å². The molecule has 0 aliphatic carbocycles. The molecule has 0 radical (unpaired) electrons. The third kappa shape index (κ3) is 4.19. The van der Waals surface area contributed by atoms with Gasteiger partial charge in [0, 0.05) is 18.8 Å². The van der Waals surface area contributed by atoms with Crippen LogP contribution in [-0.4, -0.2) is 47.3 Å². The van der Waals surface area contributed by atoms with Gasteiger partial charge in [0.25, 0.3) is 0 Å². The number of nitrogens with zero attached hydrogens (tertiary/aromatic N) is 1. The van der Waals surface area contributed by atoms with Crippen molar-refractivity contribution in [3.8, 4) is 0 Å². The van der Waals surface area contributed by atoms with E-state index in [9.17, 15) is 9.59 Å². The van der Waals surface area contributed by atoms with Gasteiger partial charge < -0.3 is 20.1 Å². The van der Waals surface area contributed by atoms with E-state index in [0.717, 1.165) is 0 Å². The van der Waals surface area contributed by atoms with E-state index in [0.29, 0.717) is 24.3 Å². The van der Waals surface area contributed by atoms with Crippen LogP contribution in [0.15, 0.2) is 24.3 Å². The van der Waals surface area contributed by atoms with Crippen LogP contribution in [0.3, 0.4) is 0 Å². The van der Waals surface area contributed by atoms with Crippen molar-refractivity contribution < 1.29 is 19.4 Å². The Kier molecular flexibility index (Phi) is 4.80. The van der Waals surface area contributed by atoms with E-state index >= 15 is 0 Å². The van der Waals surface area contributed by atoms with Crippen LogP contribution in [-0.2, 0) is 16.0 Å². The zero-order chi connectivity index (χ0) is 15.4. The molecule has 1 heterocycles. The van der Waals surface area contributed by atoms with Crippen LogP contribution >= 0.6 is 0 Å². The molecule has 1 fully saturated rings. The first kappa shape index (κ1) is 15.3. The second-order valence-electron chi connectivity index (χ2n) is 5.32. The molecule has 2 atom stereocenters. The molecule has 0 saturated carbocycles. The van der Waals surface area contributed by atoms with E-state index in [2.05, 4.69) is 5.32 Å². The summed E-state index contributed by atoms with van der Waals surface area (Å²) >= 11 is 0. The van der Waals surface area contributed by atoms with Crippen LogP contribution < -0.4 is 5.32 Å². The highest BCUT2D eigenvalue weighted by Crippen LogP contribution is 2.18. The van der Waals surface area contributed by atoms with E-state index in [1.54, 1.807) is 29.2 Å². The zero-order valence-electron chi connectivity index (χ0n) is 12.2. The number of carbonyl (C=O) groups is 2. The molecule has 0 bridgehead atoms. The highest BCUT2D eigenvalue weighted by atomic mass is 16.5. The lowest BCUT2D eigenvalue weighted by Crippen LogP contribution is -2.49. The lowest BCUT2D eigenvalue weighted by molar-refractivity contribution is -0.136. The van der Waals surface area contributed by atoms with Crippen LogP contribution in [0.1, 0.15) is 19.4 Å². The van der Waals surface area contributed by atoms with Crippen molar-refractivity contribution in [1.82, 2.24) is 4.90 Å². The van der Waals surface area contributed by atoms with E-state index in [1.807, 2.05) is 13.8 Å². The molecule has 1 aromatic carbocycles. The quantitative estimate of drug-likeness (QED) is 0.892. The molecule has 21 heavy (non-hydrogen) atoms. The predicted molar refractivity (Wildman–Crippen MR) is 78.4 cm³/mol. The Bertz CT molecular complexity index is 522. The van der Waals surface area contributed by atoms with Gasteiger partial charge in [-0.3, -0.25) is 4.79 Å². The molecule has 1 aliphatic heterocycles. The SMILES string of the molecule is C[C@@H]1CN(C(=O)Nc2ccccc2CC(=O)O)C[C@H](C)O1. The number of urea groups is 1. The summed E-state index contributed by atoms with van der Waals surface area (Å²) in [6.07, 6.45) is -0.130. The minimum absolute atomic E-state index is 0.00577. The fourth-order valence-corrected chi connectivity index (χ4v) is 2.50. The van der Waals surface area contributed by atoms with Crippen LogP contribution in [0.5, 0.6) is 0 Å². The fourth-order valence-electron chi connectivity index (χ4n) is 2.50. The third-order valence-corrected chi connectivity index (χ3v) is 3.31. The predicted octanol–water partition coefficient (Wildman–Crippen LogP) is 1.95. The summed E-state index contributed by atoms with van der Waals surface area (Å²) in [5, 5.41) is 11.7. The standard InChI is InChI=1S/C15H20N2O4/c1-10-8-17(9-11(2)21-10)15(20)16-13-6-4-3-5-12(13)7-14(18)19/h3-6,10-11H,7-9H2,1-2H3,(H,16,20)(H,18,19)/t10-,11+. The smallest absolute Gasteiger partial charge is 0.322 e. The van der Waals surface area contributed by atoms with Crippen molar-refractivity contribution in [2.45, 2.75) is 32.5 Å². The molecule has 114 valence electrons. The van der Waals surface area contributed by atoms with Crippen molar-refractivity contribution >= 4 is 17.7 Å². The van der Waals surface area contributed by atoms with Crippen molar-refractivity contribution in [2.75, 3.05) is 18.4 Å². The van der Waals surface area contributed by atoms with Crippen molar-refractivity contribution in [1.29, 1.82) is 0 Å². The van der Waals surface area contributed by atoms with Gasteiger partial charge in [-0.25, -0.2) is 4.79 Å². The summed E-state index contributed by atoms with van der Waals surface area (Å²) in [5.41, 5.74) is 1.13. The normalized spacial score (nSPS) is 21.9. The van der Waals surface area contributed by atoms with Gasteiger partial charge in [0.15, 0.2) is 0 Å². The number of hydrogen-bond acceptors (Lipinski definition) is 3. The molecule has 1 aromatic rings. The van der Waals surface area contributed by atoms with Crippen LogP contribution in [0.4, 0.5) is 10.5 Å². The number of aliphatic carboxylic acids is 1. The van der Waals surface area contributed by atoms with E-state index in [4.69, 9.17) is 9.84 Å². The van der Waals surface area contributed by atoms with Gasteiger partial charge in [0.1, 0.15) is 0 Å². The average Bonchev–Trinajstić information content (AvgIpc) is 2.39. The van der Waals surface area contributed by atoms with E-state index in [1.165, 1.54) is 0 Å². The summed E-state index contributed by atoms with van der Waals surface area (Å²) in [7, 11) is 0. The summed E-state index contributed by atoms with van der Waals surface area (Å²) in [5.74, 6) is -0.926. The van der Waals surface area contributed by atoms with Crippen molar-refractivity contribution in [2.24, 2.45) is 0 Å². The van der Waals surface area contributed by atoms with Crippen LogP contribution in [0.25, 0.3) is 0 Å². The van der Waals surface area contributed by atoms with Gasteiger partial charge in [-0.15, -0.1) is 0 Å². The summed E-state index contributed by atoms with van der Waals surface area (Å²) in [6.45, 7) is 4.90. The first-order valence-electron chi connectivity index (χ1n) is 6.96. The maximum atomic E-state index is 12.3. The Balaban J connectivity index is 2.07. The lowest BCUT2D eigenvalue weighted by Gasteiger charge is -2.35. The number of amides is 2. The highest BCUT2D eigenvalue weighted by Gasteiger charge is 2.26. The second kappa shape index (κ2) is 6.58. The zero-order valence-corrected chi connectivity index (χ0v) is 12.2. The molecule has 6 heteroatoms. The number of benzene rings is 1.